The Labute approximate surface area is 172 Å². The zero-order chi connectivity index (χ0) is 21.0. The molecule has 3 aromatic rings. The minimum absolute atomic E-state index is 0.176. The monoisotopic (exact) mass is 413 g/mol. The highest BCUT2D eigenvalue weighted by molar-refractivity contribution is 6.30. The fraction of sp³-hybridized carbons (Fsp3) is 0.190. The van der Waals surface area contributed by atoms with Crippen LogP contribution in [-0.2, 0) is 9.53 Å². The van der Waals surface area contributed by atoms with Crippen LogP contribution in [-0.4, -0.2) is 29.4 Å². The number of hydrogen-bond acceptors (Lipinski definition) is 4. The van der Waals surface area contributed by atoms with E-state index < -0.39 is 24.6 Å². The third-order valence-corrected chi connectivity index (χ3v) is 4.75. The van der Waals surface area contributed by atoms with Gasteiger partial charge in [0.1, 0.15) is 0 Å². The molecule has 0 fully saturated rings. The second-order valence-electron chi connectivity index (χ2n) is 6.57. The first kappa shape index (κ1) is 20.4. The summed E-state index contributed by atoms with van der Waals surface area (Å²) in [5, 5.41) is 3.80. The van der Waals surface area contributed by atoms with Crippen LogP contribution in [0.3, 0.4) is 0 Å². The summed E-state index contributed by atoms with van der Waals surface area (Å²) in [5.74, 6) is -0.941. The number of aromatic amines is 1. The molecular weight excluding hydrogens is 394 g/mol. The fourth-order valence-electron chi connectivity index (χ4n) is 3.20. The second-order valence-corrected chi connectivity index (χ2v) is 7.01. The lowest BCUT2D eigenvalue weighted by molar-refractivity contribution is -0.143. The predicted molar refractivity (Wildman–Crippen MR) is 110 cm³/mol. The number of para-hydroxylation sites is 1. The number of nitrogens with one attached hydrogen (secondary N) is 2. The molecule has 0 aliphatic carbocycles. The first-order valence-electron chi connectivity index (χ1n) is 8.92. The number of ketones is 1. The van der Waals surface area contributed by atoms with Crippen molar-refractivity contribution in [2.24, 2.45) is 5.73 Å². The molecule has 1 aromatic heterocycles. The number of carbonyl (C=O) groups is 3. The predicted octanol–water partition coefficient (Wildman–Crippen LogP) is 3.66. The Balaban J connectivity index is 1.67. The van der Waals surface area contributed by atoms with Gasteiger partial charge in [0.2, 0.25) is 5.78 Å². The van der Waals surface area contributed by atoms with Crippen molar-refractivity contribution in [3.8, 4) is 0 Å². The van der Waals surface area contributed by atoms with Gasteiger partial charge < -0.3 is 20.8 Å². The fourth-order valence-corrected chi connectivity index (χ4v) is 3.32. The van der Waals surface area contributed by atoms with Crippen molar-refractivity contribution in [3.63, 3.8) is 0 Å². The maximum absolute atomic E-state index is 12.6. The van der Waals surface area contributed by atoms with Crippen molar-refractivity contribution in [2.75, 3.05) is 6.61 Å². The smallest absolute Gasteiger partial charge is 0.312 e. The lowest BCUT2D eigenvalue weighted by Gasteiger charge is -2.17. The molecule has 0 aliphatic rings. The molecule has 8 heteroatoms. The molecule has 29 heavy (non-hydrogen) atoms. The molecule has 0 spiro atoms. The van der Waals surface area contributed by atoms with Crippen LogP contribution < -0.4 is 11.1 Å². The van der Waals surface area contributed by atoms with E-state index in [-0.39, 0.29) is 12.2 Å². The van der Waals surface area contributed by atoms with Crippen molar-refractivity contribution in [1.29, 1.82) is 0 Å². The summed E-state index contributed by atoms with van der Waals surface area (Å²) in [4.78, 5) is 39.3. The lowest BCUT2D eigenvalue weighted by Crippen LogP contribution is -2.34. The SMILES string of the molecule is Cc1[nH]c2ccccc2c1C(=O)COC(=O)C[C@@H](NC(N)=O)c1ccc(Cl)cc1. The Morgan fingerprint density at radius 3 is 2.52 bits per heavy atom. The number of benzene rings is 2. The zero-order valence-electron chi connectivity index (χ0n) is 15.7. The highest BCUT2D eigenvalue weighted by atomic mass is 35.5. The number of aryl methyl sites for hydroxylation is 1. The summed E-state index contributed by atoms with van der Waals surface area (Å²) in [7, 11) is 0. The van der Waals surface area contributed by atoms with Crippen LogP contribution >= 0.6 is 11.6 Å². The summed E-state index contributed by atoms with van der Waals surface area (Å²) in [5.41, 5.74) is 7.90. The molecule has 0 saturated heterocycles. The molecule has 150 valence electrons. The number of esters is 1. The normalized spacial score (nSPS) is 11.8. The van der Waals surface area contributed by atoms with Crippen LogP contribution in [0.15, 0.2) is 48.5 Å². The van der Waals surface area contributed by atoms with Crippen LogP contribution in [0.4, 0.5) is 4.79 Å². The Morgan fingerprint density at radius 2 is 1.83 bits per heavy atom. The van der Waals surface area contributed by atoms with Gasteiger partial charge in [0.15, 0.2) is 6.61 Å². The van der Waals surface area contributed by atoms with E-state index in [0.717, 1.165) is 10.9 Å². The number of halogens is 1. The molecule has 2 amide bonds. The van der Waals surface area contributed by atoms with Crippen LogP contribution in [0.25, 0.3) is 10.9 Å². The second kappa shape index (κ2) is 8.79. The van der Waals surface area contributed by atoms with Gasteiger partial charge >= 0.3 is 12.0 Å². The van der Waals surface area contributed by atoms with E-state index in [0.29, 0.717) is 21.8 Å². The maximum atomic E-state index is 12.6. The number of fused-ring (bicyclic) bond motifs is 1. The summed E-state index contributed by atoms with van der Waals surface area (Å²) in [6.45, 7) is 1.40. The van der Waals surface area contributed by atoms with E-state index in [1.165, 1.54) is 0 Å². The number of Topliss-reactive ketones (excluding diaryl/α,β-unsaturated/α-hetero) is 1. The zero-order valence-corrected chi connectivity index (χ0v) is 16.5. The molecule has 7 nitrogen and oxygen atoms in total. The van der Waals surface area contributed by atoms with Gasteiger partial charge in [-0.2, -0.15) is 0 Å². The molecule has 4 N–H and O–H groups in total. The van der Waals surface area contributed by atoms with E-state index in [9.17, 15) is 14.4 Å². The van der Waals surface area contributed by atoms with E-state index >= 15 is 0 Å². The average molecular weight is 414 g/mol. The quantitative estimate of drug-likeness (QED) is 0.405. The number of carbonyl (C=O) groups excluding carboxylic acids is 3. The Kier molecular flexibility index (Phi) is 6.19. The molecule has 1 atom stereocenters. The number of amides is 2. The molecule has 0 saturated carbocycles. The number of aromatic nitrogens is 1. The lowest BCUT2D eigenvalue weighted by atomic mass is 10.0. The largest absolute Gasteiger partial charge is 0.457 e. The van der Waals surface area contributed by atoms with Crippen LogP contribution in [0.5, 0.6) is 0 Å². The van der Waals surface area contributed by atoms with Crippen molar-refractivity contribution < 1.29 is 19.1 Å². The summed E-state index contributed by atoms with van der Waals surface area (Å²) in [6.07, 6.45) is -0.176. The van der Waals surface area contributed by atoms with Crippen molar-refractivity contribution in [2.45, 2.75) is 19.4 Å². The Hall–Kier alpha value is -3.32. The molecule has 0 bridgehead atoms. The van der Waals surface area contributed by atoms with Gasteiger partial charge in [-0.25, -0.2) is 4.79 Å². The first-order valence-corrected chi connectivity index (χ1v) is 9.30. The molecule has 0 unspecified atom stereocenters. The molecular formula is C21H20ClN3O4. The van der Waals surface area contributed by atoms with Gasteiger partial charge in [0, 0.05) is 27.2 Å². The minimum atomic E-state index is -0.775. The topological polar surface area (TPSA) is 114 Å². The third-order valence-electron chi connectivity index (χ3n) is 4.50. The van der Waals surface area contributed by atoms with Crippen LogP contribution in [0, 0.1) is 6.92 Å². The van der Waals surface area contributed by atoms with Gasteiger partial charge in [-0.3, -0.25) is 9.59 Å². The van der Waals surface area contributed by atoms with E-state index in [1.54, 1.807) is 31.2 Å². The van der Waals surface area contributed by atoms with Gasteiger partial charge in [-0.05, 0) is 30.7 Å². The molecule has 1 heterocycles. The Bertz CT molecular complexity index is 1060. The van der Waals surface area contributed by atoms with Crippen LogP contribution in [0.1, 0.15) is 34.1 Å². The number of rotatable bonds is 7. The van der Waals surface area contributed by atoms with E-state index in [4.69, 9.17) is 22.1 Å². The van der Waals surface area contributed by atoms with Gasteiger partial charge in [-0.15, -0.1) is 0 Å². The first-order chi connectivity index (χ1) is 13.8. The molecule has 0 radical (unpaired) electrons. The summed E-state index contributed by atoms with van der Waals surface area (Å²) < 4.78 is 5.17. The average Bonchev–Trinajstić information content (AvgIpc) is 3.01. The highest BCUT2D eigenvalue weighted by Crippen LogP contribution is 2.23. The van der Waals surface area contributed by atoms with E-state index in [2.05, 4.69) is 10.3 Å². The summed E-state index contributed by atoms with van der Waals surface area (Å²) >= 11 is 5.87. The van der Waals surface area contributed by atoms with E-state index in [1.807, 2.05) is 24.3 Å². The number of ether oxygens (including phenoxy) is 1. The van der Waals surface area contributed by atoms with Gasteiger partial charge in [0.25, 0.3) is 0 Å². The van der Waals surface area contributed by atoms with Crippen LogP contribution in [0.2, 0.25) is 5.02 Å². The number of H-pyrrole nitrogens is 1. The third kappa shape index (κ3) is 4.94. The molecule has 3 rings (SSSR count). The Morgan fingerprint density at radius 1 is 1.14 bits per heavy atom. The number of urea groups is 1. The number of nitrogens with two attached hydrogens (primary N) is 1. The van der Waals surface area contributed by atoms with Crippen molar-refractivity contribution in [3.05, 3.63) is 70.4 Å². The summed E-state index contributed by atoms with van der Waals surface area (Å²) in [6, 6.07) is 12.6. The highest BCUT2D eigenvalue weighted by Gasteiger charge is 2.21. The number of primary amides is 1. The maximum Gasteiger partial charge on any atom is 0.312 e. The number of hydrogen-bond donors (Lipinski definition) is 3. The van der Waals surface area contributed by atoms with Gasteiger partial charge in [-0.1, -0.05) is 41.9 Å². The molecule has 2 aromatic carbocycles. The van der Waals surface area contributed by atoms with Crippen molar-refractivity contribution >= 4 is 40.3 Å². The van der Waals surface area contributed by atoms with Crippen molar-refractivity contribution in [1.82, 2.24) is 10.3 Å². The van der Waals surface area contributed by atoms with Gasteiger partial charge in [0.05, 0.1) is 12.5 Å². The standard InChI is InChI=1S/C21H20ClN3O4/c1-12-20(15-4-2-3-5-16(15)24-12)18(26)11-29-19(27)10-17(25-21(23)28)13-6-8-14(22)9-7-13/h2-9,17,24H,10-11H2,1H3,(H3,23,25,28)/t17-/m1/s1. The minimum Gasteiger partial charge on any atom is -0.457 e. The molecule has 0 aliphatic heterocycles.